The van der Waals surface area contributed by atoms with E-state index in [1.165, 1.54) is 5.56 Å². The molecule has 0 saturated heterocycles. The molecule has 3 N–H and O–H groups in total. The summed E-state index contributed by atoms with van der Waals surface area (Å²) in [4.78, 5) is 0. The first kappa shape index (κ1) is 17.3. The molecule has 2 aromatic rings. The molecule has 0 amide bonds. The number of nitrogens with zero attached hydrogens (tertiary/aromatic N) is 3. The van der Waals surface area contributed by atoms with Crippen LogP contribution in [0, 0.1) is 21.3 Å². The van der Waals surface area contributed by atoms with Crippen molar-refractivity contribution in [3.8, 4) is 0 Å². The Morgan fingerprint density at radius 2 is 1.90 bits per heavy atom. The highest BCUT2D eigenvalue weighted by Crippen LogP contribution is 2.25. The Morgan fingerprint density at radius 3 is 2.52 bits per heavy atom. The number of fused-ring (bicyclic) bond motifs is 1. The highest BCUT2D eigenvalue weighted by atomic mass is 15.3. The number of pyridine rings is 1. The lowest BCUT2D eigenvalue weighted by Crippen LogP contribution is -2.36. The lowest BCUT2D eigenvalue weighted by atomic mass is 10.2. The van der Waals surface area contributed by atoms with Gasteiger partial charge < -0.3 is 23.0 Å². The van der Waals surface area contributed by atoms with Crippen molar-refractivity contribution in [1.29, 1.82) is 0 Å². The number of aromatic nitrogens is 2. The van der Waals surface area contributed by atoms with E-state index in [9.17, 15) is 0 Å². The second-order valence-electron chi connectivity index (χ2n) is 6.46. The van der Waals surface area contributed by atoms with Gasteiger partial charge in [-0.2, -0.15) is 0 Å². The first-order valence-electron chi connectivity index (χ1n) is 7.08. The van der Waals surface area contributed by atoms with Gasteiger partial charge in [-0.1, -0.05) is 6.07 Å². The fourth-order valence-electron chi connectivity index (χ4n) is 2.24. The smallest absolute Gasteiger partial charge is 0.172 e. The maximum atomic E-state index is 6.18. The summed E-state index contributed by atoms with van der Waals surface area (Å²) in [6.45, 7) is 6.16. The Balaban J connectivity index is 0.00000220. The first-order chi connectivity index (χ1) is 9.29. The zero-order valence-corrected chi connectivity index (χ0v) is 14.2. The number of nitrogens with two attached hydrogens (primary N) is 1. The normalized spacial score (nSPS) is 11.5. The monoisotopic (exact) mass is 291 g/mol. The average molecular weight is 291 g/mol. The van der Waals surface area contributed by atoms with Crippen molar-refractivity contribution in [1.82, 2.24) is 9.61 Å². The van der Waals surface area contributed by atoms with E-state index in [1.807, 2.05) is 10.6 Å². The number of quaternary nitrogens is 1. The molecule has 0 atom stereocenters. The van der Waals surface area contributed by atoms with Gasteiger partial charge in [0.05, 0.1) is 33.2 Å². The van der Waals surface area contributed by atoms with Gasteiger partial charge in [0.2, 0.25) is 0 Å². The topological polar surface area (TPSA) is 55.3 Å². The van der Waals surface area contributed by atoms with Crippen LogP contribution in [-0.4, -0.2) is 48.3 Å². The zero-order chi connectivity index (χ0) is 14.9. The van der Waals surface area contributed by atoms with Crippen LogP contribution < -0.4 is 11.1 Å². The third-order valence-corrected chi connectivity index (χ3v) is 3.64. The van der Waals surface area contributed by atoms with Gasteiger partial charge in [-0.05, 0) is 25.5 Å². The van der Waals surface area contributed by atoms with Crippen LogP contribution in [0.5, 0.6) is 0 Å². The standard InChI is InChI=1S/C15H26N5.CH3/c1-11-7-8-13-14(16)15(18-19(13)12(11)2)17-9-6-10-20(3,4)5;/h7-8H,6,9-10,16H2,1-5H3,(H,17,18);1H3/q+1;-1. The zero-order valence-electron chi connectivity index (χ0n) is 14.2. The second-order valence-corrected chi connectivity index (χ2v) is 6.46. The summed E-state index contributed by atoms with van der Waals surface area (Å²) < 4.78 is 2.90. The molecule has 0 spiro atoms. The van der Waals surface area contributed by atoms with Crippen molar-refractivity contribution in [3.05, 3.63) is 30.8 Å². The Kier molecular flexibility index (Phi) is 5.23. The lowest BCUT2D eigenvalue weighted by molar-refractivity contribution is -0.870. The van der Waals surface area contributed by atoms with Crippen molar-refractivity contribution in [2.45, 2.75) is 20.3 Å². The first-order valence-corrected chi connectivity index (χ1v) is 7.08. The number of rotatable bonds is 5. The van der Waals surface area contributed by atoms with Crippen LogP contribution in [-0.2, 0) is 0 Å². The van der Waals surface area contributed by atoms with E-state index in [0.29, 0.717) is 0 Å². The van der Waals surface area contributed by atoms with Gasteiger partial charge in [0.1, 0.15) is 5.69 Å². The number of hydrogen-bond donors (Lipinski definition) is 2. The number of hydrogen-bond acceptors (Lipinski definition) is 3. The van der Waals surface area contributed by atoms with Crippen molar-refractivity contribution < 1.29 is 4.48 Å². The van der Waals surface area contributed by atoms with Gasteiger partial charge >= 0.3 is 0 Å². The average Bonchev–Trinajstić information content (AvgIpc) is 2.67. The van der Waals surface area contributed by atoms with E-state index >= 15 is 0 Å². The van der Waals surface area contributed by atoms with Gasteiger partial charge in [0.15, 0.2) is 5.82 Å². The molecule has 0 saturated carbocycles. The third-order valence-electron chi connectivity index (χ3n) is 3.64. The molecule has 118 valence electrons. The van der Waals surface area contributed by atoms with Gasteiger partial charge in [0, 0.05) is 18.7 Å². The lowest BCUT2D eigenvalue weighted by Gasteiger charge is -2.23. The number of nitrogens with one attached hydrogen (secondary N) is 1. The van der Waals surface area contributed by atoms with Gasteiger partial charge in [-0.3, -0.25) is 0 Å². The van der Waals surface area contributed by atoms with E-state index in [4.69, 9.17) is 5.73 Å². The van der Waals surface area contributed by atoms with Gasteiger partial charge in [-0.15, -0.1) is 5.10 Å². The molecule has 0 bridgehead atoms. The fraction of sp³-hybridized carbons (Fsp3) is 0.500. The minimum Gasteiger partial charge on any atom is -0.394 e. The summed E-state index contributed by atoms with van der Waals surface area (Å²) in [5.41, 5.74) is 10.2. The van der Waals surface area contributed by atoms with Crippen molar-refractivity contribution in [2.75, 3.05) is 45.3 Å². The largest absolute Gasteiger partial charge is 0.394 e. The molecule has 2 heterocycles. The molecule has 2 rings (SSSR count). The molecular formula is C16H29N5. The van der Waals surface area contributed by atoms with Gasteiger partial charge in [0.25, 0.3) is 0 Å². The fourth-order valence-corrected chi connectivity index (χ4v) is 2.24. The molecule has 0 radical (unpaired) electrons. The molecule has 0 aliphatic rings. The van der Waals surface area contributed by atoms with Crippen LogP contribution in [0.25, 0.3) is 5.52 Å². The molecule has 0 unspecified atom stereocenters. The van der Waals surface area contributed by atoms with Crippen LogP contribution in [0.3, 0.4) is 0 Å². The Hall–Kier alpha value is -1.75. The van der Waals surface area contributed by atoms with Crippen LogP contribution in [0.1, 0.15) is 17.7 Å². The predicted molar refractivity (Wildman–Crippen MR) is 91.5 cm³/mol. The van der Waals surface area contributed by atoms with Crippen molar-refractivity contribution in [2.24, 2.45) is 0 Å². The number of anilines is 2. The van der Waals surface area contributed by atoms with Crippen molar-refractivity contribution >= 4 is 17.0 Å². The maximum absolute atomic E-state index is 6.18. The van der Waals surface area contributed by atoms with Crippen molar-refractivity contribution in [3.63, 3.8) is 0 Å². The molecule has 5 heteroatoms. The summed E-state index contributed by atoms with van der Waals surface area (Å²) in [6, 6.07) is 4.12. The summed E-state index contributed by atoms with van der Waals surface area (Å²) in [5, 5.41) is 7.94. The minimum absolute atomic E-state index is 0. The SMILES string of the molecule is Cc1ccc2c(N)c(NCCC[N+](C)(C)C)nn2c1C.[CH3-]. The van der Waals surface area contributed by atoms with E-state index in [0.717, 1.165) is 46.7 Å². The summed E-state index contributed by atoms with van der Waals surface area (Å²) >= 11 is 0. The molecule has 2 aromatic heterocycles. The third kappa shape index (κ3) is 3.88. The van der Waals surface area contributed by atoms with E-state index in [2.05, 4.69) is 51.5 Å². The highest BCUT2D eigenvalue weighted by molar-refractivity contribution is 5.81. The predicted octanol–water partition coefficient (Wildman–Crippen LogP) is 2.49. The molecule has 5 nitrogen and oxygen atoms in total. The van der Waals surface area contributed by atoms with E-state index in [-0.39, 0.29) is 7.43 Å². The highest BCUT2D eigenvalue weighted by Gasteiger charge is 2.12. The number of aryl methyl sites for hydroxylation is 2. The Bertz CT molecular complexity index is 607. The maximum Gasteiger partial charge on any atom is 0.172 e. The second kappa shape index (κ2) is 6.35. The molecule has 21 heavy (non-hydrogen) atoms. The molecule has 0 aliphatic carbocycles. The minimum atomic E-state index is 0. The van der Waals surface area contributed by atoms with Crippen LogP contribution in [0.4, 0.5) is 11.5 Å². The number of nitrogen functional groups attached to an aromatic ring is 1. The Morgan fingerprint density at radius 1 is 1.24 bits per heavy atom. The van der Waals surface area contributed by atoms with Crippen LogP contribution >= 0.6 is 0 Å². The molecule has 0 aromatic carbocycles. The summed E-state index contributed by atoms with van der Waals surface area (Å²) in [5.74, 6) is 0.792. The van der Waals surface area contributed by atoms with Gasteiger partial charge in [-0.25, -0.2) is 4.52 Å². The van der Waals surface area contributed by atoms with Crippen LogP contribution in [0.2, 0.25) is 0 Å². The molecule has 0 fully saturated rings. The van der Waals surface area contributed by atoms with E-state index in [1.54, 1.807) is 0 Å². The van der Waals surface area contributed by atoms with E-state index < -0.39 is 0 Å². The van der Waals surface area contributed by atoms with Crippen LogP contribution in [0.15, 0.2) is 12.1 Å². The Labute approximate surface area is 128 Å². The molecule has 0 aliphatic heterocycles. The summed E-state index contributed by atoms with van der Waals surface area (Å²) in [7, 11) is 6.60. The molecular weight excluding hydrogens is 262 g/mol. The summed E-state index contributed by atoms with van der Waals surface area (Å²) in [6.07, 6.45) is 1.09. The quantitative estimate of drug-likeness (QED) is 0.505.